The summed E-state index contributed by atoms with van der Waals surface area (Å²) in [6, 6.07) is 27.3. The zero-order valence-electron chi connectivity index (χ0n) is 16.1. The average molecular weight is 414 g/mol. The molecule has 6 heteroatoms. The van der Waals surface area contributed by atoms with Crippen LogP contribution in [0.5, 0.6) is 0 Å². The maximum Gasteiger partial charge on any atom is 0.315 e. The molecule has 4 aromatic rings. The molecular weight excluding hydrogens is 394 g/mol. The number of aromatic nitrogens is 3. The molecule has 0 bridgehead atoms. The predicted molar refractivity (Wildman–Crippen MR) is 120 cm³/mol. The van der Waals surface area contributed by atoms with Crippen molar-refractivity contribution in [2.75, 3.05) is 5.75 Å². The van der Waals surface area contributed by atoms with Gasteiger partial charge in [-0.25, -0.2) is 15.0 Å². The molecule has 1 aromatic heterocycles. The lowest BCUT2D eigenvalue weighted by atomic mass is 10.1. The van der Waals surface area contributed by atoms with Gasteiger partial charge in [-0.05, 0) is 5.56 Å². The first-order valence-corrected chi connectivity index (χ1v) is 10.1. The van der Waals surface area contributed by atoms with Gasteiger partial charge in [0, 0.05) is 16.7 Å². The average Bonchev–Trinajstić information content (AvgIpc) is 2.83. The fourth-order valence-electron chi connectivity index (χ4n) is 2.90. The highest BCUT2D eigenvalue weighted by molar-refractivity contribution is 7.81. The van der Waals surface area contributed by atoms with Crippen LogP contribution in [0.25, 0.3) is 34.2 Å². The van der Waals surface area contributed by atoms with Gasteiger partial charge in [0.1, 0.15) is 6.61 Å². The number of hydrogen-bond donors (Lipinski definition) is 1. The van der Waals surface area contributed by atoms with E-state index in [0.29, 0.717) is 17.5 Å². The Labute approximate surface area is 180 Å². The van der Waals surface area contributed by atoms with Crippen LogP contribution in [0.1, 0.15) is 5.56 Å². The maximum absolute atomic E-state index is 11.3. The van der Waals surface area contributed by atoms with E-state index in [9.17, 15) is 4.79 Å². The summed E-state index contributed by atoms with van der Waals surface area (Å²) in [5.74, 6) is 1.53. The Balaban J connectivity index is 1.71. The second kappa shape index (κ2) is 9.33. The van der Waals surface area contributed by atoms with Crippen molar-refractivity contribution in [1.29, 1.82) is 0 Å². The minimum atomic E-state index is -0.347. The highest BCUT2D eigenvalue weighted by atomic mass is 32.1. The van der Waals surface area contributed by atoms with Crippen LogP contribution in [-0.2, 0) is 16.1 Å². The summed E-state index contributed by atoms with van der Waals surface area (Å²) in [5, 5.41) is 0. The molecule has 0 atom stereocenters. The second-order valence-electron chi connectivity index (χ2n) is 6.55. The highest BCUT2D eigenvalue weighted by Gasteiger charge is 2.12. The number of carbonyl (C=O) groups excluding carboxylic acids is 1. The van der Waals surface area contributed by atoms with Gasteiger partial charge in [0.2, 0.25) is 0 Å². The Kier molecular flexibility index (Phi) is 6.15. The molecule has 0 radical (unpaired) electrons. The van der Waals surface area contributed by atoms with E-state index in [1.807, 2.05) is 84.9 Å². The molecule has 0 fully saturated rings. The Morgan fingerprint density at radius 3 is 1.53 bits per heavy atom. The summed E-state index contributed by atoms with van der Waals surface area (Å²) >= 11 is 3.91. The van der Waals surface area contributed by atoms with Crippen molar-refractivity contribution in [3.63, 3.8) is 0 Å². The molecular formula is C24H19N3O2S. The molecule has 5 nitrogen and oxygen atoms in total. The number of thiol groups is 1. The standard InChI is InChI=1S/C24H19N3O2S/c28-21(16-30)29-15-17-11-13-20(14-12-17)24-26-22(18-7-3-1-4-8-18)25-23(27-24)19-9-5-2-6-10-19/h1-14,30H,15-16H2. The van der Waals surface area contributed by atoms with Crippen LogP contribution < -0.4 is 0 Å². The fraction of sp³-hybridized carbons (Fsp3) is 0.0833. The Bertz CT molecular complexity index is 1080. The van der Waals surface area contributed by atoms with E-state index >= 15 is 0 Å². The molecule has 3 aromatic carbocycles. The van der Waals surface area contributed by atoms with Crippen LogP contribution in [0.2, 0.25) is 0 Å². The number of nitrogens with zero attached hydrogens (tertiary/aromatic N) is 3. The van der Waals surface area contributed by atoms with E-state index in [-0.39, 0.29) is 18.3 Å². The van der Waals surface area contributed by atoms with Gasteiger partial charge in [0.25, 0.3) is 0 Å². The monoisotopic (exact) mass is 413 g/mol. The predicted octanol–water partition coefficient (Wildman–Crippen LogP) is 4.85. The third-order valence-electron chi connectivity index (χ3n) is 4.44. The normalized spacial score (nSPS) is 10.6. The summed E-state index contributed by atoms with van der Waals surface area (Å²) in [6.07, 6.45) is 0. The van der Waals surface area contributed by atoms with E-state index in [1.54, 1.807) is 0 Å². The topological polar surface area (TPSA) is 65.0 Å². The van der Waals surface area contributed by atoms with Gasteiger partial charge < -0.3 is 4.74 Å². The van der Waals surface area contributed by atoms with Crippen molar-refractivity contribution in [1.82, 2.24) is 15.0 Å². The van der Waals surface area contributed by atoms with Crippen LogP contribution in [0.3, 0.4) is 0 Å². The first-order chi connectivity index (χ1) is 14.7. The van der Waals surface area contributed by atoms with Crippen LogP contribution in [-0.4, -0.2) is 26.7 Å². The van der Waals surface area contributed by atoms with E-state index in [2.05, 4.69) is 17.6 Å². The van der Waals surface area contributed by atoms with Crippen LogP contribution >= 0.6 is 12.6 Å². The third kappa shape index (κ3) is 4.72. The van der Waals surface area contributed by atoms with E-state index in [0.717, 1.165) is 22.3 Å². The lowest BCUT2D eigenvalue weighted by Gasteiger charge is -2.09. The van der Waals surface area contributed by atoms with Crippen molar-refractivity contribution in [3.05, 3.63) is 90.5 Å². The van der Waals surface area contributed by atoms with Crippen molar-refractivity contribution in [2.24, 2.45) is 0 Å². The van der Waals surface area contributed by atoms with Gasteiger partial charge in [-0.15, -0.1) is 0 Å². The lowest BCUT2D eigenvalue weighted by molar-refractivity contribution is -0.141. The van der Waals surface area contributed by atoms with Crippen molar-refractivity contribution < 1.29 is 9.53 Å². The van der Waals surface area contributed by atoms with E-state index < -0.39 is 0 Å². The van der Waals surface area contributed by atoms with Crippen molar-refractivity contribution in [2.45, 2.75) is 6.61 Å². The maximum atomic E-state index is 11.3. The Hall–Kier alpha value is -3.51. The van der Waals surface area contributed by atoms with Gasteiger partial charge >= 0.3 is 5.97 Å². The zero-order valence-corrected chi connectivity index (χ0v) is 17.0. The first kappa shape index (κ1) is 19.8. The summed E-state index contributed by atoms with van der Waals surface area (Å²) in [7, 11) is 0. The molecule has 0 aliphatic carbocycles. The molecule has 0 unspecified atom stereocenters. The molecule has 4 rings (SSSR count). The Morgan fingerprint density at radius 2 is 1.10 bits per heavy atom. The summed E-state index contributed by atoms with van der Waals surface area (Å²) < 4.78 is 5.12. The second-order valence-corrected chi connectivity index (χ2v) is 6.87. The molecule has 1 heterocycles. The van der Waals surface area contributed by atoms with Crippen molar-refractivity contribution in [3.8, 4) is 34.2 Å². The minimum absolute atomic E-state index is 0.0630. The number of rotatable bonds is 6. The fourth-order valence-corrected chi connectivity index (χ4v) is 2.99. The number of hydrogen-bond acceptors (Lipinski definition) is 6. The molecule has 30 heavy (non-hydrogen) atoms. The molecule has 0 saturated heterocycles. The van der Waals surface area contributed by atoms with E-state index in [1.165, 1.54) is 0 Å². The number of ether oxygens (including phenoxy) is 1. The minimum Gasteiger partial charge on any atom is -0.460 e. The first-order valence-electron chi connectivity index (χ1n) is 9.45. The largest absolute Gasteiger partial charge is 0.460 e. The molecule has 0 spiro atoms. The number of esters is 1. The smallest absolute Gasteiger partial charge is 0.315 e. The summed E-state index contributed by atoms with van der Waals surface area (Å²) in [5.41, 5.74) is 3.59. The number of carbonyl (C=O) groups is 1. The summed E-state index contributed by atoms with van der Waals surface area (Å²) in [4.78, 5) is 25.4. The summed E-state index contributed by atoms with van der Waals surface area (Å²) in [6.45, 7) is 0.210. The van der Waals surface area contributed by atoms with Crippen molar-refractivity contribution >= 4 is 18.6 Å². The van der Waals surface area contributed by atoms with Gasteiger partial charge in [0.05, 0.1) is 5.75 Å². The molecule has 0 aliphatic heterocycles. The van der Waals surface area contributed by atoms with Crippen LogP contribution in [0, 0.1) is 0 Å². The van der Waals surface area contributed by atoms with Gasteiger partial charge in [-0.3, -0.25) is 4.79 Å². The zero-order chi connectivity index (χ0) is 20.8. The van der Waals surface area contributed by atoms with Gasteiger partial charge in [0.15, 0.2) is 17.5 Å². The Morgan fingerprint density at radius 1 is 0.667 bits per heavy atom. The molecule has 0 aliphatic rings. The lowest BCUT2D eigenvalue weighted by Crippen LogP contribution is -2.05. The molecule has 0 N–H and O–H groups in total. The van der Waals surface area contributed by atoms with Crippen LogP contribution in [0.4, 0.5) is 0 Å². The number of benzene rings is 3. The van der Waals surface area contributed by atoms with Crippen LogP contribution in [0.15, 0.2) is 84.9 Å². The quantitative estimate of drug-likeness (QED) is 0.362. The van der Waals surface area contributed by atoms with Gasteiger partial charge in [-0.2, -0.15) is 12.6 Å². The van der Waals surface area contributed by atoms with Gasteiger partial charge in [-0.1, -0.05) is 84.9 Å². The third-order valence-corrected chi connectivity index (χ3v) is 4.70. The molecule has 148 valence electrons. The molecule has 0 saturated carbocycles. The molecule has 0 amide bonds. The SMILES string of the molecule is O=C(CS)OCc1ccc(-c2nc(-c3ccccc3)nc(-c3ccccc3)n2)cc1. The van der Waals surface area contributed by atoms with E-state index in [4.69, 9.17) is 14.7 Å². The highest BCUT2D eigenvalue weighted by Crippen LogP contribution is 2.24.